The molecule has 0 radical (unpaired) electrons. The van der Waals surface area contributed by atoms with Crippen LogP contribution >= 0.6 is 23.8 Å². The van der Waals surface area contributed by atoms with Crippen molar-refractivity contribution in [2.24, 2.45) is 0 Å². The first-order valence-corrected chi connectivity index (χ1v) is 3.73. The smallest absolute Gasteiger partial charge is 0.122 e. The third-order valence-corrected chi connectivity index (χ3v) is 2.05. The molecule has 0 spiro atoms. The summed E-state index contributed by atoms with van der Waals surface area (Å²) in [5.41, 5.74) is 1.28. The molecule has 1 aromatic heterocycles. The number of hydrogen-bond donors (Lipinski definition) is 1. The van der Waals surface area contributed by atoms with Crippen LogP contribution in [-0.4, -0.2) is 4.98 Å². The van der Waals surface area contributed by atoms with Gasteiger partial charge in [0.2, 0.25) is 0 Å². The van der Waals surface area contributed by atoms with Crippen LogP contribution in [0, 0.1) is 22.9 Å². The molecular weight excluding hydrogens is 180 g/mol. The molecule has 0 aromatic carbocycles. The number of H-pyrrole nitrogens is 1. The Labute approximate surface area is 74.4 Å². The summed E-state index contributed by atoms with van der Waals surface area (Å²) in [5, 5.41) is 8.99. The first-order valence-electron chi connectivity index (χ1n) is 2.94. The van der Waals surface area contributed by atoms with E-state index in [2.05, 4.69) is 4.98 Å². The lowest BCUT2D eigenvalue weighted by atomic mass is 10.2. The number of nitrogens with zero attached hydrogens (tertiary/aromatic N) is 1. The van der Waals surface area contributed by atoms with Gasteiger partial charge in [0.15, 0.2) is 0 Å². The molecule has 11 heavy (non-hydrogen) atoms. The standard InChI is InChI=1S/C7H5ClN2S/c1-4-5(3-9)2-6(8)7(11)10-4/h2H,1H3,(H,10,11). The fourth-order valence-electron chi connectivity index (χ4n) is 0.714. The summed E-state index contributed by atoms with van der Waals surface area (Å²) in [4.78, 5) is 2.82. The summed E-state index contributed by atoms with van der Waals surface area (Å²) in [6.07, 6.45) is 0. The van der Waals surface area contributed by atoms with E-state index in [9.17, 15) is 0 Å². The third kappa shape index (κ3) is 1.59. The number of nitrogens with one attached hydrogen (secondary N) is 1. The van der Waals surface area contributed by atoms with Crippen LogP contribution in [0.2, 0.25) is 5.02 Å². The van der Waals surface area contributed by atoms with E-state index in [-0.39, 0.29) is 0 Å². The summed E-state index contributed by atoms with van der Waals surface area (Å²) < 4.78 is 0.475. The third-order valence-electron chi connectivity index (χ3n) is 1.31. The minimum Gasteiger partial charge on any atom is -0.348 e. The van der Waals surface area contributed by atoms with Crippen molar-refractivity contribution in [3.8, 4) is 6.07 Å². The maximum atomic E-state index is 8.57. The molecule has 56 valence electrons. The molecule has 0 aliphatic heterocycles. The number of aromatic amines is 1. The summed E-state index contributed by atoms with van der Waals surface area (Å²) in [7, 11) is 0. The number of nitriles is 1. The second-order valence-corrected chi connectivity index (χ2v) is 2.91. The molecule has 0 saturated carbocycles. The molecule has 1 N–H and O–H groups in total. The highest BCUT2D eigenvalue weighted by atomic mass is 35.5. The summed E-state index contributed by atoms with van der Waals surface area (Å²) in [6, 6.07) is 3.57. The van der Waals surface area contributed by atoms with Gasteiger partial charge in [0, 0.05) is 5.69 Å². The second-order valence-electron chi connectivity index (χ2n) is 2.10. The average molecular weight is 185 g/mol. The Hall–Kier alpha value is -0.850. The number of aryl methyl sites for hydroxylation is 1. The van der Waals surface area contributed by atoms with E-state index in [0.29, 0.717) is 15.2 Å². The Morgan fingerprint density at radius 2 is 2.36 bits per heavy atom. The van der Waals surface area contributed by atoms with Gasteiger partial charge in [-0.2, -0.15) is 5.26 Å². The molecule has 4 heteroatoms. The van der Waals surface area contributed by atoms with Gasteiger partial charge < -0.3 is 4.98 Å². The monoisotopic (exact) mass is 184 g/mol. The van der Waals surface area contributed by atoms with Gasteiger partial charge in [0.1, 0.15) is 10.7 Å². The predicted molar refractivity (Wildman–Crippen MR) is 46.1 cm³/mol. The minimum absolute atomic E-state index is 0.419. The molecule has 0 aliphatic carbocycles. The van der Waals surface area contributed by atoms with Crippen molar-refractivity contribution in [2.45, 2.75) is 6.92 Å². The van der Waals surface area contributed by atoms with Crippen LogP contribution in [0.3, 0.4) is 0 Å². The van der Waals surface area contributed by atoms with Crippen molar-refractivity contribution in [3.63, 3.8) is 0 Å². The molecule has 1 rings (SSSR count). The van der Waals surface area contributed by atoms with E-state index < -0.39 is 0 Å². The number of hydrogen-bond acceptors (Lipinski definition) is 2. The Morgan fingerprint density at radius 1 is 1.73 bits per heavy atom. The van der Waals surface area contributed by atoms with Crippen molar-refractivity contribution in [2.75, 3.05) is 0 Å². The number of aromatic nitrogens is 1. The Bertz CT molecular complexity index is 375. The molecule has 0 saturated heterocycles. The average Bonchev–Trinajstić information content (AvgIpc) is 1.97. The molecule has 1 heterocycles. The SMILES string of the molecule is Cc1[nH]c(=S)c(Cl)cc1C#N. The highest BCUT2D eigenvalue weighted by Gasteiger charge is 1.99. The van der Waals surface area contributed by atoms with E-state index in [0.717, 1.165) is 5.69 Å². The van der Waals surface area contributed by atoms with E-state index in [4.69, 9.17) is 29.1 Å². The van der Waals surface area contributed by atoms with Crippen LogP contribution in [0.15, 0.2) is 6.07 Å². The Morgan fingerprint density at radius 3 is 2.91 bits per heavy atom. The van der Waals surface area contributed by atoms with Gasteiger partial charge in [-0.25, -0.2) is 0 Å². The topological polar surface area (TPSA) is 39.6 Å². The summed E-state index contributed by atoms with van der Waals surface area (Å²) in [6.45, 7) is 1.78. The zero-order chi connectivity index (χ0) is 8.43. The lowest BCUT2D eigenvalue weighted by molar-refractivity contribution is 1.16. The lowest BCUT2D eigenvalue weighted by Crippen LogP contribution is -1.87. The second kappa shape index (κ2) is 3.04. The van der Waals surface area contributed by atoms with Gasteiger partial charge in [-0.05, 0) is 13.0 Å². The first kappa shape index (κ1) is 8.25. The van der Waals surface area contributed by atoms with Gasteiger partial charge in [0.05, 0.1) is 10.6 Å². The molecule has 0 fully saturated rings. The highest BCUT2D eigenvalue weighted by molar-refractivity contribution is 7.71. The van der Waals surface area contributed by atoms with Crippen LogP contribution < -0.4 is 0 Å². The molecule has 0 bridgehead atoms. The van der Waals surface area contributed by atoms with Crippen molar-refractivity contribution in [1.82, 2.24) is 4.98 Å². The van der Waals surface area contributed by atoms with E-state index in [1.807, 2.05) is 6.07 Å². The summed E-state index contributed by atoms with van der Waals surface area (Å²) >= 11 is 10.5. The van der Waals surface area contributed by atoms with Crippen molar-refractivity contribution < 1.29 is 0 Å². The van der Waals surface area contributed by atoms with Crippen LogP contribution in [0.1, 0.15) is 11.3 Å². The van der Waals surface area contributed by atoms with Gasteiger partial charge in [-0.1, -0.05) is 23.8 Å². The zero-order valence-corrected chi connectivity index (χ0v) is 7.38. The molecule has 0 aliphatic rings. The van der Waals surface area contributed by atoms with E-state index in [1.54, 1.807) is 13.0 Å². The van der Waals surface area contributed by atoms with Gasteiger partial charge in [0.25, 0.3) is 0 Å². The maximum absolute atomic E-state index is 8.57. The molecular formula is C7H5ClN2S. The number of halogens is 1. The van der Waals surface area contributed by atoms with Crippen molar-refractivity contribution in [3.05, 3.63) is 27.0 Å². The number of rotatable bonds is 0. The van der Waals surface area contributed by atoms with Crippen LogP contribution in [0.5, 0.6) is 0 Å². The summed E-state index contributed by atoms with van der Waals surface area (Å²) in [5.74, 6) is 0. The largest absolute Gasteiger partial charge is 0.348 e. The molecule has 0 atom stereocenters. The van der Waals surface area contributed by atoms with E-state index >= 15 is 0 Å². The van der Waals surface area contributed by atoms with E-state index in [1.165, 1.54) is 0 Å². The Kier molecular flexibility index (Phi) is 2.28. The molecule has 0 amide bonds. The lowest BCUT2D eigenvalue weighted by Gasteiger charge is -1.97. The normalized spacial score (nSPS) is 9.18. The number of pyridine rings is 1. The zero-order valence-electron chi connectivity index (χ0n) is 5.81. The van der Waals surface area contributed by atoms with Gasteiger partial charge in [-0.15, -0.1) is 0 Å². The molecule has 2 nitrogen and oxygen atoms in total. The fourth-order valence-corrected chi connectivity index (χ4v) is 1.08. The van der Waals surface area contributed by atoms with Crippen LogP contribution in [-0.2, 0) is 0 Å². The minimum atomic E-state index is 0.419. The quantitative estimate of drug-likeness (QED) is 0.630. The molecule has 1 aromatic rings. The van der Waals surface area contributed by atoms with Crippen LogP contribution in [0.4, 0.5) is 0 Å². The highest BCUT2D eigenvalue weighted by Crippen LogP contribution is 2.13. The first-order chi connectivity index (χ1) is 5.15. The Balaban J connectivity index is 3.47. The van der Waals surface area contributed by atoms with Gasteiger partial charge in [-0.3, -0.25) is 0 Å². The van der Waals surface area contributed by atoms with Crippen molar-refractivity contribution >= 4 is 23.8 Å². The molecule has 0 unspecified atom stereocenters. The van der Waals surface area contributed by atoms with Crippen molar-refractivity contribution in [1.29, 1.82) is 5.26 Å². The predicted octanol–water partition coefficient (Wildman–Crippen LogP) is 2.58. The maximum Gasteiger partial charge on any atom is 0.122 e. The van der Waals surface area contributed by atoms with Crippen LogP contribution in [0.25, 0.3) is 0 Å². The van der Waals surface area contributed by atoms with Gasteiger partial charge >= 0.3 is 0 Å². The fraction of sp³-hybridized carbons (Fsp3) is 0.143.